The molecule has 8 heteroatoms. The molecule has 0 radical (unpaired) electrons. The van der Waals surface area contributed by atoms with Gasteiger partial charge in [-0.1, -0.05) is 15.9 Å². The van der Waals surface area contributed by atoms with Crippen LogP contribution in [0.4, 0.5) is 10.5 Å². The van der Waals surface area contributed by atoms with Crippen molar-refractivity contribution in [1.82, 2.24) is 5.32 Å². The van der Waals surface area contributed by atoms with Gasteiger partial charge in [-0.25, -0.2) is 9.59 Å². The molecule has 114 valence electrons. The number of nitrogens with one attached hydrogen (secondary N) is 2. The lowest BCUT2D eigenvalue weighted by Crippen LogP contribution is -2.35. The lowest BCUT2D eigenvalue weighted by molar-refractivity contribution is -0.154. The molecule has 0 spiro atoms. The lowest BCUT2D eigenvalue weighted by atomic mass is 10.3. The first-order chi connectivity index (χ1) is 10.0. The van der Waals surface area contributed by atoms with Crippen LogP contribution in [-0.4, -0.2) is 37.7 Å². The zero-order chi connectivity index (χ0) is 15.7. The van der Waals surface area contributed by atoms with Crippen molar-refractivity contribution < 1.29 is 23.9 Å². The smallest absolute Gasteiger partial charge is 0.411 e. The van der Waals surface area contributed by atoms with Crippen LogP contribution >= 0.6 is 15.9 Å². The first-order valence-electron chi connectivity index (χ1n) is 6.17. The van der Waals surface area contributed by atoms with Gasteiger partial charge in [0.2, 0.25) is 0 Å². The molecule has 2 N–H and O–H groups in total. The van der Waals surface area contributed by atoms with Crippen LogP contribution in [0, 0.1) is 0 Å². The van der Waals surface area contributed by atoms with Gasteiger partial charge in [-0.3, -0.25) is 10.1 Å². The Bertz CT molecular complexity index is 504. The number of carbonyl (C=O) groups excluding carboxylic acids is 3. The quantitative estimate of drug-likeness (QED) is 0.474. The number of rotatable bonds is 5. The summed E-state index contributed by atoms with van der Waals surface area (Å²) >= 11 is 3.28. The van der Waals surface area contributed by atoms with Gasteiger partial charge in [0.05, 0.1) is 13.2 Å². The SMILES string of the molecule is CCOC(=O)C(=O)NCCOC(=O)Nc1ccc(Br)cc1. The van der Waals surface area contributed by atoms with Crippen molar-refractivity contribution in [1.29, 1.82) is 0 Å². The van der Waals surface area contributed by atoms with Crippen LogP contribution in [0.15, 0.2) is 28.7 Å². The van der Waals surface area contributed by atoms with Gasteiger partial charge in [-0.15, -0.1) is 0 Å². The van der Waals surface area contributed by atoms with Gasteiger partial charge in [0.25, 0.3) is 0 Å². The second kappa shape index (κ2) is 8.96. The van der Waals surface area contributed by atoms with Gasteiger partial charge in [0, 0.05) is 10.2 Å². The van der Waals surface area contributed by atoms with Crippen LogP contribution in [0.3, 0.4) is 0 Å². The van der Waals surface area contributed by atoms with E-state index in [0.717, 1.165) is 4.47 Å². The van der Waals surface area contributed by atoms with Gasteiger partial charge in [-0.05, 0) is 31.2 Å². The number of ether oxygens (including phenoxy) is 2. The summed E-state index contributed by atoms with van der Waals surface area (Å²) in [6, 6.07) is 6.95. The van der Waals surface area contributed by atoms with Crippen molar-refractivity contribution in [3.8, 4) is 0 Å². The van der Waals surface area contributed by atoms with E-state index < -0.39 is 18.0 Å². The van der Waals surface area contributed by atoms with Crippen LogP contribution in [0.2, 0.25) is 0 Å². The minimum absolute atomic E-state index is 0.0193. The maximum Gasteiger partial charge on any atom is 0.411 e. The van der Waals surface area contributed by atoms with Crippen molar-refractivity contribution >= 4 is 39.6 Å². The minimum Gasteiger partial charge on any atom is -0.459 e. The van der Waals surface area contributed by atoms with Crippen molar-refractivity contribution in [2.45, 2.75) is 6.92 Å². The zero-order valence-corrected chi connectivity index (χ0v) is 12.9. The second-order valence-corrected chi connectivity index (χ2v) is 4.66. The van der Waals surface area contributed by atoms with Gasteiger partial charge in [0.1, 0.15) is 6.61 Å². The van der Waals surface area contributed by atoms with Crippen molar-refractivity contribution in [2.75, 3.05) is 25.1 Å². The predicted molar refractivity (Wildman–Crippen MR) is 78.8 cm³/mol. The summed E-state index contributed by atoms with van der Waals surface area (Å²) in [4.78, 5) is 33.6. The highest BCUT2D eigenvalue weighted by Crippen LogP contribution is 2.14. The van der Waals surface area contributed by atoms with Gasteiger partial charge >= 0.3 is 18.0 Å². The molecule has 0 aliphatic heterocycles. The fourth-order valence-electron chi connectivity index (χ4n) is 1.26. The van der Waals surface area contributed by atoms with E-state index in [1.165, 1.54) is 0 Å². The summed E-state index contributed by atoms with van der Waals surface area (Å²) in [6.45, 7) is 1.68. The molecule has 0 unspecified atom stereocenters. The van der Waals surface area contributed by atoms with Crippen molar-refractivity contribution in [2.24, 2.45) is 0 Å². The number of amides is 2. The van der Waals surface area contributed by atoms with Crippen LogP contribution < -0.4 is 10.6 Å². The Hall–Kier alpha value is -2.09. The molecule has 0 saturated carbocycles. The van der Waals surface area contributed by atoms with E-state index in [2.05, 4.69) is 31.3 Å². The molecule has 1 rings (SSSR count). The summed E-state index contributed by atoms with van der Waals surface area (Å²) < 4.78 is 10.2. The maximum absolute atomic E-state index is 11.4. The zero-order valence-electron chi connectivity index (χ0n) is 11.3. The standard InChI is InChI=1S/C13H15BrN2O5/c1-2-20-12(18)11(17)15-7-8-21-13(19)16-10-5-3-9(14)4-6-10/h3-6H,2,7-8H2,1H3,(H,15,17)(H,16,19). The van der Waals surface area contributed by atoms with Gasteiger partial charge in [0.15, 0.2) is 0 Å². The summed E-state index contributed by atoms with van der Waals surface area (Å²) in [5.41, 5.74) is 0.582. The number of hydrogen-bond donors (Lipinski definition) is 2. The average molecular weight is 359 g/mol. The molecule has 0 bridgehead atoms. The third-order valence-corrected chi connectivity index (χ3v) is 2.70. The van der Waals surface area contributed by atoms with Crippen LogP contribution in [0.1, 0.15) is 6.92 Å². The number of hydrogen-bond acceptors (Lipinski definition) is 5. The highest BCUT2D eigenvalue weighted by atomic mass is 79.9. The number of benzene rings is 1. The highest BCUT2D eigenvalue weighted by molar-refractivity contribution is 9.10. The highest BCUT2D eigenvalue weighted by Gasteiger charge is 2.13. The van der Waals surface area contributed by atoms with Crippen molar-refractivity contribution in [3.63, 3.8) is 0 Å². The molecular formula is C13H15BrN2O5. The van der Waals surface area contributed by atoms with E-state index in [9.17, 15) is 14.4 Å². The first-order valence-corrected chi connectivity index (χ1v) is 6.96. The van der Waals surface area contributed by atoms with Crippen LogP contribution in [0.5, 0.6) is 0 Å². The Labute approximate surface area is 130 Å². The Balaban J connectivity index is 2.20. The third kappa shape index (κ3) is 6.75. The van der Waals surface area contributed by atoms with Crippen LogP contribution in [-0.2, 0) is 19.1 Å². The lowest BCUT2D eigenvalue weighted by Gasteiger charge is -2.08. The predicted octanol–water partition coefficient (Wildman–Crippen LogP) is 1.68. The fraction of sp³-hybridized carbons (Fsp3) is 0.308. The largest absolute Gasteiger partial charge is 0.459 e. The molecule has 0 heterocycles. The van der Waals surface area contributed by atoms with E-state index in [4.69, 9.17) is 4.74 Å². The second-order valence-electron chi connectivity index (χ2n) is 3.74. The molecule has 1 aromatic carbocycles. The number of anilines is 1. The summed E-state index contributed by atoms with van der Waals surface area (Å²) in [7, 11) is 0. The summed E-state index contributed by atoms with van der Waals surface area (Å²) in [6.07, 6.45) is -0.650. The topological polar surface area (TPSA) is 93.7 Å². The molecular weight excluding hydrogens is 344 g/mol. The van der Waals surface area contributed by atoms with E-state index >= 15 is 0 Å². The Morgan fingerprint density at radius 2 is 1.81 bits per heavy atom. The monoisotopic (exact) mass is 358 g/mol. The molecule has 21 heavy (non-hydrogen) atoms. The summed E-state index contributed by atoms with van der Waals surface area (Å²) in [5, 5.41) is 4.78. The molecule has 0 aliphatic carbocycles. The Morgan fingerprint density at radius 1 is 1.14 bits per heavy atom. The Morgan fingerprint density at radius 3 is 2.43 bits per heavy atom. The minimum atomic E-state index is -0.961. The average Bonchev–Trinajstić information content (AvgIpc) is 2.46. The molecule has 2 amide bonds. The summed E-state index contributed by atoms with van der Waals surface area (Å²) in [5.74, 6) is -1.83. The number of carbonyl (C=O) groups is 3. The van der Waals surface area contributed by atoms with E-state index in [1.54, 1.807) is 31.2 Å². The molecule has 0 saturated heterocycles. The molecule has 0 aromatic heterocycles. The Kier molecular flexibility index (Phi) is 7.24. The normalized spacial score (nSPS) is 9.62. The number of halogens is 1. The first kappa shape index (κ1) is 17.0. The molecule has 0 atom stereocenters. The fourth-order valence-corrected chi connectivity index (χ4v) is 1.53. The molecule has 7 nitrogen and oxygen atoms in total. The maximum atomic E-state index is 11.4. The van der Waals surface area contributed by atoms with Gasteiger partial charge in [-0.2, -0.15) is 0 Å². The number of esters is 1. The molecule has 0 aliphatic rings. The third-order valence-electron chi connectivity index (χ3n) is 2.17. The van der Waals surface area contributed by atoms with Crippen LogP contribution in [0.25, 0.3) is 0 Å². The molecule has 0 fully saturated rings. The molecule has 1 aromatic rings. The van der Waals surface area contributed by atoms with E-state index in [0.29, 0.717) is 5.69 Å². The van der Waals surface area contributed by atoms with E-state index in [1.807, 2.05) is 0 Å². The van der Waals surface area contributed by atoms with E-state index in [-0.39, 0.29) is 19.8 Å². The van der Waals surface area contributed by atoms with Crippen molar-refractivity contribution in [3.05, 3.63) is 28.7 Å². The van der Waals surface area contributed by atoms with Gasteiger partial charge < -0.3 is 14.8 Å².